The highest BCUT2D eigenvalue weighted by molar-refractivity contribution is 6.09. The van der Waals surface area contributed by atoms with Crippen LogP contribution < -0.4 is 10.2 Å². The molecule has 100 valence electrons. The standard InChI is InChI=1S/C17H16N2O/c1-11-7-8-14-13-5-3-4-6-15(13)20-17(14)16(11)19-10-9-18-12(19)2/h3-10,12,18H,1-2H3/t12-/m1/s1. The first-order chi connectivity index (χ1) is 9.75. The molecule has 3 nitrogen and oxygen atoms in total. The Kier molecular flexibility index (Phi) is 2.30. The second-order valence-corrected chi connectivity index (χ2v) is 5.27. The number of rotatable bonds is 1. The van der Waals surface area contributed by atoms with Crippen LogP contribution in [0.4, 0.5) is 5.69 Å². The smallest absolute Gasteiger partial charge is 0.159 e. The van der Waals surface area contributed by atoms with Gasteiger partial charge in [0.25, 0.3) is 0 Å². The number of hydrogen-bond donors (Lipinski definition) is 1. The van der Waals surface area contributed by atoms with Crippen molar-refractivity contribution in [2.75, 3.05) is 4.90 Å². The lowest BCUT2D eigenvalue weighted by Crippen LogP contribution is -2.32. The van der Waals surface area contributed by atoms with Gasteiger partial charge in [0.15, 0.2) is 5.58 Å². The third kappa shape index (κ3) is 1.46. The Morgan fingerprint density at radius 2 is 1.95 bits per heavy atom. The summed E-state index contributed by atoms with van der Waals surface area (Å²) in [5.41, 5.74) is 4.27. The van der Waals surface area contributed by atoms with E-state index in [1.807, 2.05) is 18.3 Å². The Morgan fingerprint density at radius 3 is 2.75 bits per heavy atom. The van der Waals surface area contributed by atoms with Gasteiger partial charge in [-0.2, -0.15) is 0 Å². The molecule has 3 heteroatoms. The van der Waals surface area contributed by atoms with Crippen molar-refractivity contribution >= 4 is 27.6 Å². The van der Waals surface area contributed by atoms with Gasteiger partial charge in [0.05, 0.1) is 5.69 Å². The number of nitrogens with zero attached hydrogens (tertiary/aromatic N) is 1. The van der Waals surface area contributed by atoms with Crippen molar-refractivity contribution in [3.8, 4) is 0 Å². The van der Waals surface area contributed by atoms with Gasteiger partial charge in [-0.3, -0.25) is 0 Å². The van der Waals surface area contributed by atoms with Crippen LogP contribution in [0.25, 0.3) is 21.9 Å². The number of hydrogen-bond acceptors (Lipinski definition) is 3. The highest BCUT2D eigenvalue weighted by atomic mass is 16.3. The molecule has 3 aromatic rings. The van der Waals surface area contributed by atoms with Crippen molar-refractivity contribution in [3.05, 3.63) is 54.4 Å². The third-order valence-corrected chi connectivity index (χ3v) is 3.97. The van der Waals surface area contributed by atoms with E-state index in [0.717, 1.165) is 16.9 Å². The van der Waals surface area contributed by atoms with Crippen LogP contribution in [0.1, 0.15) is 12.5 Å². The number of aryl methyl sites for hydroxylation is 1. The number of fused-ring (bicyclic) bond motifs is 3. The van der Waals surface area contributed by atoms with E-state index in [-0.39, 0.29) is 6.17 Å². The SMILES string of the molecule is Cc1ccc2c(oc3ccccc32)c1N1C=CN[C@H]1C. The van der Waals surface area contributed by atoms with E-state index in [1.165, 1.54) is 16.3 Å². The molecule has 1 aliphatic heterocycles. The highest BCUT2D eigenvalue weighted by Crippen LogP contribution is 2.38. The maximum atomic E-state index is 6.12. The van der Waals surface area contributed by atoms with E-state index in [9.17, 15) is 0 Å². The van der Waals surface area contributed by atoms with Crippen molar-refractivity contribution < 1.29 is 4.42 Å². The largest absolute Gasteiger partial charge is 0.454 e. The number of para-hydroxylation sites is 1. The first kappa shape index (κ1) is 11.4. The molecule has 0 saturated heterocycles. The minimum atomic E-state index is 0.243. The van der Waals surface area contributed by atoms with E-state index >= 15 is 0 Å². The van der Waals surface area contributed by atoms with Gasteiger partial charge in [0.1, 0.15) is 11.7 Å². The lowest BCUT2D eigenvalue weighted by molar-refractivity contribution is 0.651. The van der Waals surface area contributed by atoms with Crippen molar-refractivity contribution in [3.63, 3.8) is 0 Å². The molecule has 0 fully saturated rings. The second kappa shape index (κ2) is 4.04. The Labute approximate surface area is 117 Å². The second-order valence-electron chi connectivity index (χ2n) is 5.27. The zero-order chi connectivity index (χ0) is 13.7. The summed E-state index contributed by atoms with van der Waals surface area (Å²) in [5.74, 6) is 0. The van der Waals surface area contributed by atoms with Gasteiger partial charge >= 0.3 is 0 Å². The van der Waals surface area contributed by atoms with Crippen LogP contribution in [-0.4, -0.2) is 6.17 Å². The van der Waals surface area contributed by atoms with Crippen molar-refractivity contribution in [1.29, 1.82) is 0 Å². The monoisotopic (exact) mass is 264 g/mol. The molecule has 1 N–H and O–H groups in total. The van der Waals surface area contributed by atoms with Crippen molar-refractivity contribution in [1.82, 2.24) is 5.32 Å². The van der Waals surface area contributed by atoms with Gasteiger partial charge in [0.2, 0.25) is 0 Å². The lowest BCUT2D eigenvalue weighted by Gasteiger charge is -2.24. The number of benzene rings is 2. The van der Waals surface area contributed by atoms with Crippen LogP contribution in [0.3, 0.4) is 0 Å². The average Bonchev–Trinajstić information content (AvgIpc) is 3.02. The van der Waals surface area contributed by atoms with Crippen LogP contribution in [0.5, 0.6) is 0 Å². The summed E-state index contributed by atoms with van der Waals surface area (Å²) >= 11 is 0. The van der Waals surface area contributed by atoms with E-state index in [4.69, 9.17) is 4.42 Å². The topological polar surface area (TPSA) is 28.4 Å². The molecule has 0 bridgehead atoms. The van der Waals surface area contributed by atoms with Crippen LogP contribution in [0.2, 0.25) is 0 Å². The predicted molar refractivity (Wildman–Crippen MR) is 82.7 cm³/mol. The minimum absolute atomic E-state index is 0.243. The molecule has 2 aromatic carbocycles. The molecule has 0 saturated carbocycles. The number of furan rings is 1. The maximum absolute atomic E-state index is 6.12. The summed E-state index contributed by atoms with van der Waals surface area (Å²) in [7, 11) is 0. The summed E-state index contributed by atoms with van der Waals surface area (Å²) in [5, 5.41) is 5.65. The summed E-state index contributed by atoms with van der Waals surface area (Å²) < 4.78 is 6.12. The van der Waals surface area contributed by atoms with E-state index < -0.39 is 0 Å². The van der Waals surface area contributed by atoms with Gasteiger partial charge in [-0.25, -0.2) is 0 Å². The van der Waals surface area contributed by atoms with Gasteiger partial charge < -0.3 is 14.6 Å². The zero-order valence-corrected chi connectivity index (χ0v) is 11.6. The zero-order valence-electron chi connectivity index (χ0n) is 11.6. The van der Waals surface area contributed by atoms with Crippen LogP contribution in [-0.2, 0) is 0 Å². The Bertz CT molecular complexity index is 831. The fraction of sp³-hybridized carbons (Fsp3) is 0.176. The molecule has 2 heterocycles. The Morgan fingerprint density at radius 1 is 1.10 bits per heavy atom. The minimum Gasteiger partial charge on any atom is -0.454 e. The maximum Gasteiger partial charge on any atom is 0.159 e. The molecule has 0 amide bonds. The van der Waals surface area contributed by atoms with Crippen molar-refractivity contribution in [2.24, 2.45) is 0 Å². The van der Waals surface area contributed by atoms with Gasteiger partial charge in [-0.1, -0.05) is 30.3 Å². The molecule has 1 aromatic heterocycles. The summed E-state index contributed by atoms with van der Waals surface area (Å²) in [6.07, 6.45) is 4.29. The normalized spacial score (nSPS) is 18.1. The van der Waals surface area contributed by atoms with Crippen molar-refractivity contribution in [2.45, 2.75) is 20.0 Å². The molecule has 1 atom stereocenters. The van der Waals surface area contributed by atoms with Gasteiger partial charge in [-0.15, -0.1) is 0 Å². The summed E-state index contributed by atoms with van der Waals surface area (Å²) in [6, 6.07) is 12.5. The van der Waals surface area contributed by atoms with Crippen LogP contribution >= 0.6 is 0 Å². The highest BCUT2D eigenvalue weighted by Gasteiger charge is 2.22. The molecule has 0 aliphatic carbocycles. The Balaban J connectivity index is 2.08. The lowest BCUT2D eigenvalue weighted by atomic mass is 10.1. The fourth-order valence-corrected chi connectivity index (χ4v) is 2.93. The molecular formula is C17H16N2O. The number of anilines is 1. The quantitative estimate of drug-likeness (QED) is 0.716. The molecule has 0 radical (unpaired) electrons. The summed E-state index contributed by atoms with van der Waals surface area (Å²) in [4.78, 5) is 2.22. The average molecular weight is 264 g/mol. The first-order valence-corrected chi connectivity index (χ1v) is 6.87. The summed E-state index contributed by atoms with van der Waals surface area (Å²) in [6.45, 7) is 4.27. The molecule has 0 unspecified atom stereocenters. The predicted octanol–water partition coefficient (Wildman–Crippen LogP) is 4.12. The molecule has 20 heavy (non-hydrogen) atoms. The van der Waals surface area contributed by atoms with Crippen LogP contribution in [0, 0.1) is 6.92 Å². The fourth-order valence-electron chi connectivity index (χ4n) is 2.93. The van der Waals surface area contributed by atoms with E-state index in [0.29, 0.717) is 0 Å². The van der Waals surface area contributed by atoms with E-state index in [2.05, 4.69) is 54.5 Å². The Hall–Kier alpha value is -2.42. The first-order valence-electron chi connectivity index (χ1n) is 6.87. The van der Waals surface area contributed by atoms with Gasteiger partial charge in [-0.05, 0) is 25.5 Å². The van der Waals surface area contributed by atoms with E-state index in [1.54, 1.807) is 0 Å². The van der Waals surface area contributed by atoms with Crippen LogP contribution in [0.15, 0.2) is 53.2 Å². The third-order valence-electron chi connectivity index (χ3n) is 3.97. The molecular weight excluding hydrogens is 248 g/mol. The molecule has 0 spiro atoms. The van der Waals surface area contributed by atoms with Gasteiger partial charge in [0, 0.05) is 23.2 Å². The molecule has 1 aliphatic rings. The molecule has 4 rings (SSSR count). The number of nitrogens with one attached hydrogen (secondary N) is 1.